The van der Waals surface area contributed by atoms with Gasteiger partial charge in [0.25, 0.3) is 0 Å². The van der Waals surface area contributed by atoms with Gasteiger partial charge in [-0.2, -0.15) is 0 Å². The Morgan fingerprint density at radius 1 is 1.24 bits per heavy atom. The van der Waals surface area contributed by atoms with Crippen LogP contribution >= 0.6 is 8.18 Å². The summed E-state index contributed by atoms with van der Waals surface area (Å²) in [5.74, 6) is 0.152. The van der Waals surface area contributed by atoms with E-state index in [0.29, 0.717) is 5.75 Å². The van der Waals surface area contributed by atoms with Gasteiger partial charge in [-0.15, -0.1) is 0 Å². The lowest BCUT2D eigenvalue weighted by molar-refractivity contribution is -0.152. The molecule has 116 valence electrons. The van der Waals surface area contributed by atoms with Gasteiger partial charge in [0.05, 0.1) is 0 Å². The molecule has 1 saturated carbocycles. The fraction of sp³-hybridized carbons (Fsp3) is 0.533. The molecule has 2 atom stereocenters. The highest BCUT2D eigenvalue weighted by Gasteiger charge is 2.22. The summed E-state index contributed by atoms with van der Waals surface area (Å²) in [6, 6.07) is 8.24. The van der Waals surface area contributed by atoms with Crippen LogP contribution in [0.25, 0.3) is 0 Å². The number of nitrogens with one attached hydrogen (secondary N) is 1. The maximum absolute atomic E-state index is 11.9. The molecule has 0 spiro atoms. The van der Waals surface area contributed by atoms with Crippen LogP contribution < -0.4 is 9.61 Å². The number of carbonyl (C=O) groups is 1. The lowest BCUT2D eigenvalue weighted by Gasteiger charge is -2.23. The number of para-hydroxylation sites is 1. The normalized spacial score (nSPS) is 18.7. The van der Waals surface area contributed by atoms with Crippen molar-refractivity contribution in [1.82, 2.24) is 5.09 Å². The molecule has 0 bridgehead atoms. The first-order chi connectivity index (χ1) is 10.1. The summed E-state index contributed by atoms with van der Waals surface area (Å²) in [5, 5.41) is 2.67. The Morgan fingerprint density at radius 2 is 1.90 bits per heavy atom. The first-order valence-corrected chi connectivity index (χ1v) is 8.70. The Bertz CT molecular complexity index is 474. The van der Waals surface area contributed by atoms with E-state index in [1.54, 1.807) is 31.2 Å². The predicted octanol–water partition coefficient (Wildman–Crippen LogP) is 3.31. The second kappa shape index (κ2) is 8.20. The maximum Gasteiger partial charge on any atom is 0.323 e. The maximum atomic E-state index is 11.9. The largest absolute Gasteiger partial charge is 0.461 e. The number of benzene rings is 1. The average molecular weight is 311 g/mol. The van der Waals surface area contributed by atoms with Gasteiger partial charge in [0, 0.05) is 0 Å². The number of rotatable bonds is 6. The van der Waals surface area contributed by atoms with Gasteiger partial charge in [0.2, 0.25) is 0 Å². The van der Waals surface area contributed by atoms with Gasteiger partial charge in [0.1, 0.15) is 17.9 Å². The third-order valence-corrected chi connectivity index (χ3v) is 4.57. The summed E-state index contributed by atoms with van der Waals surface area (Å²) in [5.41, 5.74) is 0. The third-order valence-electron chi connectivity index (χ3n) is 3.48. The Morgan fingerprint density at radius 3 is 2.57 bits per heavy atom. The Balaban J connectivity index is 1.75. The Labute approximate surface area is 125 Å². The van der Waals surface area contributed by atoms with Crippen LogP contribution in [-0.4, -0.2) is 18.1 Å². The molecule has 1 aromatic rings. The molecule has 21 heavy (non-hydrogen) atoms. The zero-order valence-electron chi connectivity index (χ0n) is 12.2. The van der Waals surface area contributed by atoms with Crippen molar-refractivity contribution in [2.45, 2.75) is 51.2 Å². The van der Waals surface area contributed by atoms with Crippen molar-refractivity contribution in [3.05, 3.63) is 30.3 Å². The monoisotopic (exact) mass is 311 g/mol. The van der Waals surface area contributed by atoms with E-state index in [9.17, 15) is 9.36 Å². The summed E-state index contributed by atoms with van der Waals surface area (Å²) in [6.07, 6.45) is 5.27. The molecule has 1 aliphatic rings. The van der Waals surface area contributed by atoms with Crippen molar-refractivity contribution in [1.29, 1.82) is 0 Å². The minimum atomic E-state index is -2.53. The van der Waals surface area contributed by atoms with Crippen molar-refractivity contribution >= 4 is 14.1 Å². The highest BCUT2D eigenvalue weighted by atomic mass is 31.1. The number of hydrogen-bond acceptors (Lipinski definition) is 4. The molecule has 1 aromatic carbocycles. The zero-order valence-corrected chi connectivity index (χ0v) is 13.2. The van der Waals surface area contributed by atoms with E-state index < -0.39 is 14.2 Å². The fourth-order valence-electron chi connectivity index (χ4n) is 2.31. The summed E-state index contributed by atoms with van der Waals surface area (Å²) in [7, 11) is -2.53. The summed E-state index contributed by atoms with van der Waals surface area (Å²) < 4.78 is 22.5. The summed E-state index contributed by atoms with van der Waals surface area (Å²) in [4.78, 5) is 11.9. The van der Waals surface area contributed by atoms with Gasteiger partial charge in [-0.1, -0.05) is 24.6 Å². The molecule has 0 radical (unpaired) electrons. The third kappa shape index (κ3) is 5.52. The minimum absolute atomic E-state index is 0.00728. The number of carbonyl (C=O) groups excluding carboxylic acids is 1. The van der Waals surface area contributed by atoms with E-state index in [0.717, 1.165) is 25.7 Å². The van der Waals surface area contributed by atoms with E-state index in [1.807, 2.05) is 6.07 Å². The molecule has 1 unspecified atom stereocenters. The van der Waals surface area contributed by atoms with Crippen LogP contribution in [0.1, 0.15) is 39.0 Å². The number of hydrogen-bond donors (Lipinski definition) is 1. The predicted molar refractivity (Wildman–Crippen MR) is 81.6 cm³/mol. The molecule has 2 rings (SSSR count). The lowest BCUT2D eigenvalue weighted by Crippen LogP contribution is -2.34. The van der Waals surface area contributed by atoms with Crippen molar-refractivity contribution in [2.75, 3.05) is 0 Å². The van der Waals surface area contributed by atoms with Crippen LogP contribution in [0, 0.1) is 0 Å². The molecule has 1 N–H and O–H groups in total. The van der Waals surface area contributed by atoms with Crippen LogP contribution in [0.2, 0.25) is 0 Å². The quantitative estimate of drug-likeness (QED) is 0.645. The molecule has 1 aliphatic carbocycles. The molecule has 5 nitrogen and oxygen atoms in total. The topological polar surface area (TPSA) is 64.6 Å². The van der Waals surface area contributed by atoms with Crippen LogP contribution in [-0.2, 0) is 14.1 Å². The molecular weight excluding hydrogens is 289 g/mol. The summed E-state index contributed by atoms with van der Waals surface area (Å²) >= 11 is 0. The Kier molecular flexibility index (Phi) is 6.27. The van der Waals surface area contributed by atoms with Crippen LogP contribution in [0.4, 0.5) is 0 Å². The molecule has 0 aromatic heterocycles. The molecule has 0 aliphatic heterocycles. The van der Waals surface area contributed by atoms with Gasteiger partial charge < -0.3 is 9.26 Å². The van der Waals surface area contributed by atoms with Crippen molar-refractivity contribution in [3.63, 3.8) is 0 Å². The van der Waals surface area contributed by atoms with E-state index in [4.69, 9.17) is 9.26 Å². The highest BCUT2D eigenvalue weighted by Crippen LogP contribution is 2.24. The number of esters is 1. The van der Waals surface area contributed by atoms with Crippen molar-refractivity contribution < 1.29 is 18.6 Å². The highest BCUT2D eigenvalue weighted by molar-refractivity contribution is 7.37. The lowest BCUT2D eigenvalue weighted by atomic mass is 9.98. The van der Waals surface area contributed by atoms with Gasteiger partial charge in [-0.25, -0.2) is 5.09 Å². The first-order valence-electron chi connectivity index (χ1n) is 7.39. The van der Waals surface area contributed by atoms with Gasteiger partial charge in [-0.05, 0) is 44.7 Å². The van der Waals surface area contributed by atoms with E-state index in [-0.39, 0.29) is 12.1 Å². The summed E-state index contributed by atoms with van der Waals surface area (Å²) in [6.45, 7) is 1.64. The van der Waals surface area contributed by atoms with Crippen LogP contribution in [0.5, 0.6) is 5.75 Å². The van der Waals surface area contributed by atoms with E-state index >= 15 is 0 Å². The fourth-order valence-corrected chi connectivity index (χ4v) is 3.19. The molecule has 6 heteroatoms. The Hall–Kier alpha value is -1.32. The SMILES string of the molecule is C[C@H](N[PH](=O)Oc1ccccc1)C(=O)OC1CCCCC1. The van der Waals surface area contributed by atoms with Crippen LogP contribution in [0.15, 0.2) is 30.3 Å². The average Bonchev–Trinajstić information content (AvgIpc) is 2.49. The molecule has 1 fully saturated rings. The molecule has 0 heterocycles. The van der Waals surface area contributed by atoms with Crippen LogP contribution in [0.3, 0.4) is 0 Å². The molecular formula is C15H22NO4P. The van der Waals surface area contributed by atoms with Crippen molar-refractivity contribution in [3.8, 4) is 5.75 Å². The number of ether oxygens (including phenoxy) is 1. The van der Waals surface area contributed by atoms with Gasteiger partial charge in [-0.3, -0.25) is 9.36 Å². The van der Waals surface area contributed by atoms with Crippen molar-refractivity contribution in [2.24, 2.45) is 0 Å². The molecule has 0 amide bonds. The standard InChI is InChI=1S/C15H22NO4P/c1-12(15(17)19-13-8-4-2-5-9-13)16-21(18)20-14-10-6-3-7-11-14/h3,6-7,10-13,21H,2,4-5,8-9H2,1H3,(H,16,18)/t12-/m0/s1. The van der Waals surface area contributed by atoms with Gasteiger partial charge >= 0.3 is 14.1 Å². The molecule has 0 saturated heterocycles. The van der Waals surface area contributed by atoms with Gasteiger partial charge in [0.15, 0.2) is 0 Å². The minimum Gasteiger partial charge on any atom is -0.461 e. The second-order valence-electron chi connectivity index (χ2n) is 5.27. The van der Waals surface area contributed by atoms with E-state index in [1.165, 1.54) is 6.42 Å². The smallest absolute Gasteiger partial charge is 0.323 e. The zero-order chi connectivity index (χ0) is 15.1. The second-order valence-corrected chi connectivity index (χ2v) is 6.33. The van der Waals surface area contributed by atoms with E-state index in [2.05, 4.69) is 5.09 Å². The first kappa shape index (κ1) is 16.1.